The Hall–Kier alpha value is -2.37. The number of ether oxygens (including phenoxy) is 2. The molecule has 114 valence electrons. The van der Waals surface area contributed by atoms with Gasteiger partial charge in [-0.2, -0.15) is 0 Å². The second kappa shape index (κ2) is 7.42. The third-order valence-electron chi connectivity index (χ3n) is 2.51. The van der Waals surface area contributed by atoms with E-state index < -0.39 is 11.9 Å². The van der Waals surface area contributed by atoms with Crippen molar-refractivity contribution in [2.75, 3.05) is 0 Å². The fraction of sp³-hybridized carbons (Fsp3) is 0.400. The number of carbonyl (C=O) groups is 3. The third kappa shape index (κ3) is 6.07. The van der Waals surface area contributed by atoms with Crippen LogP contribution in [0.15, 0.2) is 18.2 Å². The smallest absolute Gasteiger partial charge is 0.308 e. The average molecular weight is 293 g/mol. The zero-order valence-corrected chi connectivity index (χ0v) is 12.6. The molecule has 0 unspecified atom stereocenters. The van der Waals surface area contributed by atoms with E-state index in [0.717, 1.165) is 5.56 Å². The lowest BCUT2D eigenvalue weighted by molar-refractivity contribution is -0.134. The van der Waals surface area contributed by atoms with Gasteiger partial charge in [0.2, 0.25) is 5.91 Å². The monoisotopic (exact) mass is 293 g/mol. The first kappa shape index (κ1) is 16.7. The zero-order chi connectivity index (χ0) is 16.0. The first-order valence-electron chi connectivity index (χ1n) is 6.54. The molecular formula is C15H19NO5. The molecule has 0 fully saturated rings. The molecule has 1 atom stereocenters. The van der Waals surface area contributed by atoms with E-state index in [1.807, 2.05) is 6.92 Å². The fourth-order valence-corrected chi connectivity index (χ4v) is 1.90. The first-order chi connectivity index (χ1) is 9.77. The molecule has 1 amide bonds. The average Bonchev–Trinajstić information content (AvgIpc) is 2.30. The van der Waals surface area contributed by atoms with Crippen molar-refractivity contribution in [2.24, 2.45) is 0 Å². The van der Waals surface area contributed by atoms with Crippen LogP contribution in [0.4, 0.5) is 0 Å². The van der Waals surface area contributed by atoms with Gasteiger partial charge in [-0.15, -0.1) is 0 Å². The normalized spacial score (nSPS) is 11.4. The topological polar surface area (TPSA) is 81.7 Å². The number of hydrogen-bond donors (Lipinski definition) is 1. The number of amides is 1. The molecule has 1 N–H and O–H groups in total. The first-order valence-corrected chi connectivity index (χ1v) is 6.54. The molecule has 6 nitrogen and oxygen atoms in total. The molecule has 1 aromatic carbocycles. The van der Waals surface area contributed by atoms with E-state index in [2.05, 4.69) is 5.32 Å². The molecule has 0 aliphatic rings. The number of rotatable bonds is 5. The van der Waals surface area contributed by atoms with Gasteiger partial charge in [-0.1, -0.05) is 6.07 Å². The summed E-state index contributed by atoms with van der Waals surface area (Å²) in [5.41, 5.74) is 0.850. The molecule has 0 aromatic heterocycles. The van der Waals surface area contributed by atoms with E-state index in [1.54, 1.807) is 18.2 Å². The van der Waals surface area contributed by atoms with Crippen LogP contribution in [0.3, 0.4) is 0 Å². The Morgan fingerprint density at radius 3 is 2.14 bits per heavy atom. The highest BCUT2D eigenvalue weighted by Crippen LogP contribution is 2.29. The molecule has 0 bridgehead atoms. The van der Waals surface area contributed by atoms with Gasteiger partial charge in [0.15, 0.2) is 11.5 Å². The molecule has 21 heavy (non-hydrogen) atoms. The van der Waals surface area contributed by atoms with Crippen LogP contribution >= 0.6 is 0 Å². The molecule has 0 saturated heterocycles. The van der Waals surface area contributed by atoms with Crippen molar-refractivity contribution in [3.63, 3.8) is 0 Å². The van der Waals surface area contributed by atoms with Gasteiger partial charge in [0.05, 0.1) is 0 Å². The van der Waals surface area contributed by atoms with Crippen LogP contribution in [0, 0.1) is 0 Å². The lowest BCUT2D eigenvalue weighted by atomic mass is 10.1. The standard InChI is InChI=1S/C15H19NO5/c1-9(16-10(2)17)7-13-5-6-14(20-11(3)18)15(8-13)21-12(4)19/h5-6,8-9H,7H2,1-4H3,(H,16,17)/t9-/m0/s1. The van der Waals surface area contributed by atoms with Crippen molar-refractivity contribution < 1.29 is 23.9 Å². The number of carbonyl (C=O) groups excluding carboxylic acids is 3. The summed E-state index contributed by atoms with van der Waals surface area (Å²) in [4.78, 5) is 33.1. The predicted octanol–water partition coefficient (Wildman–Crippen LogP) is 1.60. The highest BCUT2D eigenvalue weighted by molar-refractivity contribution is 5.74. The van der Waals surface area contributed by atoms with Gasteiger partial charge in [-0.05, 0) is 31.0 Å². The summed E-state index contributed by atoms with van der Waals surface area (Å²) in [6.45, 7) is 5.85. The highest BCUT2D eigenvalue weighted by Gasteiger charge is 2.13. The van der Waals surface area contributed by atoms with Crippen LogP contribution in [0.25, 0.3) is 0 Å². The second-order valence-electron chi connectivity index (χ2n) is 4.77. The number of benzene rings is 1. The van der Waals surface area contributed by atoms with Crippen LogP contribution in [-0.4, -0.2) is 23.9 Å². The van der Waals surface area contributed by atoms with Crippen LogP contribution in [0.2, 0.25) is 0 Å². The lowest BCUT2D eigenvalue weighted by Gasteiger charge is -2.14. The van der Waals surface area contributed by atoms with Crippen LogP contribution < -0.4 is 14.8 Å². The van der Waals surface area contributed by atoms with E-state index in [-0.39, 0.29) is 23.4 Å². The minimum absolute atomic E-state index is 0.0627. The Bertz CT molecular complexity index is 553. The Kier molecular flexibility index (Phi) is 5.90. The minimum Gasteiger partial charge on any atom is -0.423 e. The van der Waals surface area contributed by atoms with Crippen molar-refractivity contribution >= 4 is 17.8 Å². The Morgan fingerprint density at radius 1 is 1.05 bits per heavy atom. The molecule has 1 aromatic rings. The van der Waals surface area contributed by atoms with Crippen molar-refractivity contribution in [1.29, 1.82) is 0 Å². The van der Waals surface area contributed by atoms with E-state index in [4.69, 9.17) is 9.47 Å². The zero-order valence-electron chi connectivity index (χ0n) is 12.6. The summed E-state index contributed by atoms with van der Waals surface area (Å²) in [7, 11) is 0. The molecule has 0 heterocycles. The second-order valence-corrected chi connectivity index (χ2v) is 4.77. The van der Waals surface area contributed by atoms with Gasteiger partial charge >= 0.3 is 11.9 Å². The fourth-order valence-electron chi connectivity index (χ4n) is 1.90. The Balaban J connectivity index is 2.94. The Labute approximate surface area is 123 Å². The van der Waals surface area contributed by atoms with Crippen molar-refractivity contribution in [1.82, 2.24) is 5.32 Å². The number of hydrogen-bond acceptors (Lipinski definition) is 5. The van der Waals surface area contributed by atoms with Crippen molar-refractivity contribution in [2.45, 2.75) is 40.2 Å². The van der Waals surface area contributed by atoms with E-state index in [1.165, 1.54) is 20.8 Å². The maximum absolute atomic E-state index is 11.1. The summed E-state index contributed by atoms with van der Waals surface area (Å²) in [6, 6.07) is 4.88. The summed E-state index contributed by atoms with van der Waals surface area (Å²) in [5, 5.41) is 2.77. The van der Waals surface area contributed by atoms with Gasteiger partial charge in [0.25, 0.3) is 0 Å². The summed E-state index contributed by atoms with van der Waals surface area (Å²) >= 11 is 0. The van der Waals surface area contributed by atoms with Gasteiger partial charge < -0.3 is 14.8 Å². The predicted molar refractivity (Wildman–Crippen MR) is 76.0 cm³/mol. The highest BCUT2D eigenvalue weighted by atomic mass is 16.6. The molecule has 0 aliphatic carbocycles. The van der Waals surface area contributed by atoms with Gasteiger partial charge in [0, 0.05) is 26.8 Å². The third-order valence-corrected chi connectivity index (χ3v) is 2.51. The molecule has 0 radical (unpaired) electrons. The van der Waals surface area contributed by atoms with Crippen LogP contribution in [0.1, 0.15) is 33.3 Å². The van der Waals surface area contributed by atoms with Gasteiger partial charge in [-0.25, -0.2) is 0 Å². The van der Waals surface area contributed by atoms with E-state index in [0.29, 0.717) is 6.42 Å². The molecular weight excluding hydrogens is 274 g/mol. The maximum Gasteiger partial charge on any atom is 0.308 e. The van der Waals surface area contributed by atoms with Crippen LogP contribution in [0.5, 0.6) is 11.5 Å². The van der Waals surface area contributed by atoms with E-state index in [9.17, 15) is 14.4 Å². The number of nitrogens with one attached hydrogen (secondary N) is 1. The SMILES string of the molecule is CC(=O)N[C@@H](C)Cc1ccc(OC(C)=O)c(OC(C)=O)c1. The molecule has 0 spiro atoms. The van der Waals surface area contributed by atoms with Crippen molar-refractivity contribution in [3.8, 4) is 11.5 Å². The maximum atomic E-state index is 11.1. The molecule has 0 aliphatic heterocycles. The molecule has 6 heteroatoms. The van der Waals surface area contributed by atoms with E-state index >= 15 is 0 Å². The summed E-state index contributed by atoms with van der Waals surface area (Å²) < 4.78 is 10.0. The molecule has 1 rings (SSSR count). The lowest BCUT2D eigenvalue weighted by Crippen LogP contribution is -2.32. The quantitative estimate of drug-likeness (QED) is 0.658. The van der Waals surface area contributed by atoms with Crippen LogP contribution in [-0.2, 0) is 20.8 Å². The Morgan fingerprint density at radius 2 is 1.62 bits per heavy atom. The summed E-state index contributed by atoms with van der Waals surface area (Å²) in [5.74, 6) is -0.740. The van der Waals surface area contributed by atoms with Gasteiger partial charge in [0.1, 0.15) is 0 Å². The van der Waals surface area contributed by atoms with Crippen molar-refractivity contribution in [3.05, 3.63) is 23.8 Å². The van der Waals surface area contributed by atoms with Gasteiger partial charge in [-0.3, -0.25) is 14.4 Å². The minimum atomic E-state index is -0.504. The number of esters is 2. The summed E-state index contributed by atoms with van der Waals surface area (Å²) in [6.07, 6.45) is 0.564. The molecule has 0 saturated carbocycles. The largest absolute Gasteiger partial charge is 0.423 e.